The predicted molar refractivity (Wildman–Crippen MR) is 313 cm³/mol. The van der Waals surface area contributed by atoms with Crippen molar-refractivity contribution in [2.75, 3.05) is 13.2 Å². The highest BCUT2D eigenvalue weighted by atomic mass is 16.7. The lowest BCUT2D eigenvalue weighted by molar-refractivity contribution is -0.302. The number of hydrogen-bond acceptors (Lipinski definition) is 8. The van der Waals surface area contributed by atoms with Gasteiger partial charge in [0.25, 0.3) is 0 Å². The van der Waals surface area contributed by atoms with Crippen LogP contribution in [-0.4, -0.2) is 87.5 Å². The van der Waals surface area contributed by atoms with Crippen LogP contribution >= 0.6 is 0 Å². The van der Waals surface area contributed by atoms with E-state index in [1.165, 1.54) is 218 Å². The molecule has 74 heavy (non-hydrogen) atoms. The maximum atomic E-state index is 13.1. The summed E-state index contributed by atoms with van der Waals surface area (Å²) in [7, 11) is 0. The molecule has 7 unspecified atom stereocenters. The van der Waals surface area contributed by atoms with Gasteiger partial charge >= 0.3 is 0 Å². The molecule has 0 spiro atoms. The molecule has 7 atom stereocenters. The first-order chi connectivity index (χ1) is 36.3. The van der Waals surface area contributed by atoms with Crippen molar-refractivity contribution in [1.82, 2.24) is 5.32 Å². The van der Waals surface area contributed by atoms with E-state index in [1.807, 2.05) is 6.08 Å². The molecule has 1 aliphatic heterocycles. The Balaban J connectivity index is 2.19. The Labute approximate surface area is 456 Å². The fourth-order valence-corrected chi connectivity index (χ4v) is 10.1. The monoisotopic (exact) mass is 1040 g/mol. The number of aliphatic hydroxyl groups is 5. The van der Waals surface area contributed by atoms with Gasteiger partial charge in [-0.05, 0) is 57.8 Å². The third kappa shape index (κ3) is 43.2. The van der Waals surface area contributed by atoms with Gasteiger partial charge in [0.15, 0.2) is 6.29 Å². The van der Waals surface area contributed by atoms with Gasteiger partial charge in [-0.25, -0.2) is 0 Å². The fourth-order valence-electron chi connectivity index (χ4n) is 10.1. The Morgan fingerprint density at radius 3 is 1.18 bits per heavy atom. The van der Waals surface area contributed by atoms with Crippen LogP contribution in [0.3, 0.4) is 0 Å². The molecule has 434 valence electrons. The molecule has 0 radical (unpaired) electrons. The normalized spacial score (nSPS) is 19.3. The van der Waals surface area contributed by atoms with Crippen molar-refractivity contribution >= 4 is 5.91 Å². The van der Waals surface area contributed by atoms with Crippen molar-refractivity contribution in [3.8, 4) is 0 Å². The molecule has 6 N–H and O–H groups in total. The van der Waals surface area contributed by atoms with E-state index in [4.69, 9.17) is 9.47 Å². The van der Waals surface area contributed by atoms with E-state index in [9.17, 15) is 30.3 Å². The van der Waals surface area contributed by atoms with Gasteiger partial charge in [0.05, 0.1) is 25.4 Å². The highest BCUT2D eigenvalue weighted by Crippen LogP contribution is 2.23. The lowest BCUT2D eigenvalue weighted by Gasteiger charge is -2.40. The Bertz CT molecular complexity index is 1300. The highest BCUT2D eigenvalue weighted by Gasteiger charge is 2.44. The number of allylic oxidation sites excluding steroid dienone is 7. The van der Waals surface area contributed by atoms with Gasteiger partial charge in [-0.1, -0.05) is 287 Å². The van der Waals surface area contributed by atoms with Crippen LogP contribution in [0.15, 0.2) is 48.6 Å². The standard InChI is InChI=1S/C65H121NO8/c1-3-5-7-9-11-13-15-17-19-21-23-25-27-28-29-30-31-33-34-36-38-40-42-44-46-48-50-52-54-59(68)58(57-73-65-64(72)63(71)62(70)60(56-67)74-65)66-61(69)55-53-51-49-47-45-43-41-39-37-35-32-26-24-22-20-18-16-14-12-10-8-6-4-2/h16,18,22,24,32,35,52,54,58-60,62-65,67-68,70-72H,3-15,17,19-21,23,25-31,33-34,36-51,53,55-57H2,1-2H3,(H,66,69)/b18-16-,24-22-,35-32-,54-52+. The van der Waals surface area contributed by atoms with Gasteiger partial charge in [0.2, 0.25) is 5.91 Å². The van der Waals surface area contributed by atoms with Gasteiger partial charge in [-0.15, -0.1) is 0 Å². The van der Waals surface area contributed by atoms with E-state index in [1.54, 1.807) is 6.08 Å². The molecule has 1 fully saturated rings. The number of unbranched alkanes of at least 4 members (excludes halogenated alkanes) is 39. The topological polar surface area (TPSA) is 149 Å². The number of aliphatic hydroxyl groups excluding tert-OH is 5. The summed E-state index contributed by atoms with van der Waals surface area (Å²) in [5.41, 5.74) is 0. The zero-order valence-electron chi connectivity index (χ0n) is 48.4. The molecule has 9 heteroatoms. The lowest BCUT2D eigenvalue weighted by Crippen LogP contribution is -2.60. The molecule has 9 nitrogen and oxygen atoms in total. The Morgan fingerprint density at radius 2 is 0.797 bits per heavy atom. The van der Waals surface area contributed by atoms with Crippen molar-refractivity contribution in [1.29, 1.82) is 0 Å². The predicted octanol–water partition coefficient (Wildman–Crippen LogP) is 16.5. The molecule has 0 aromatic heterocycles. The minimum atomic E-state index is -1.57. The summed E-state index contributed by atoms with van der Waals surface area (Å²) in [6.45, 7) is 3.80. The summed E-state index contributed by atoms with van der Waals surface area (Å²) in [5.74, 6) is -0.181. The van der Waals surface area contributed by atoms with E-state index in [2.05, 4.69) is 55.6 Å². The van der Waals surface area contributed by atoms with Crippen LogP contribution in [0.4, 0.5) is 0 Å². The maximum Gasteiger partial charge on any atom is 0.220 e. The number of carbonyl (C=O) groups is 1. The summed E-state index contributed by atoms with van der Waals surface area (Å²) in [4.78, 5) is 13.1. The molecule has 0 aliphatic carbocycles. The second-order valence-electron chi connectivity index (χ2n) is 22.2. The smallest absolute Gasteiger partial charge is 0.220 e. The number of rotatable bonds is 55. The maximum absolute atomic E-state index is 13.1. The van der Waals surface area contributed by atoms with Crippen molar-refractivity contribution in [3.63, 3.8) is 0 Å². The SMILES string of the molecule is CCCCCCC/C=C\C/C=C\C/C=C\CCCCCCCCCCC(=O)NC(COC1OC(CO)C(O)C(O)C1O)C(O)/C=C/CCCCCCCCCCCCCCCCCCCCCCCCCCCC. The van der Waals surface area contributed by atoms with Gasteiger partial charge in [-0.3, -0.25) is 4.79 Å². The molecule has 1 heterocycles. The average molecular weight is 1040 g/mol. The fraction of sp³-hybridized carbons (Fsp3) is 0.862. The lowest BCUT2D eigenvalue weighted by atomic mass is 9.99. The molecule has 0 bridgehead atoms. The number of carbonyl (C=O) groups excluding carboxylic acids is 1. The van der Waals surface area contributed by atoms with E-state index >= 15 is 0 Å². The summed E-state index contributed by atoms with van der Waals surface area (Å²) >= 11 is 0. The first-order valence-electron chi connectivity index (χ1n) is 31.9. The van der Waals surface area contributed by atoms with Crippen LogP contribution in [0.25, 0.3) is 0 Å². The zero-order valence-corrected chi connectivity index (χ0v) is 48.4. The zero-order chi connectivity index (χ0) is 53.6. The second kappa shape index (κ2) is 54.5. The molecule has 1 rings (SSSR count). The Kier molecular flexibility index (Phi) is 51.7. The third-order valence-corrected chi connectivity index (χ3v) is 15.1. The number of amides is 1. The van der Waals surface area contributed by atoms with Crippen LogP contribution < -0.4 is 5.32 Å². The van der Waals surface area contributed by atoms with Gasteiger partial charge in [0, 0.05) is 6.42 Å². The summed E-state index contributed by atoms with van der Waals surface area (Å²) in [5, 5.41) is 54.6. The van der Waals surface area contributed by atoms with E-state index in [-0.39, 0.29) is 12.5 Å². The molecule has 0 aromatic carbocycles. The van der Waals surface area contributed by atoms with Gasteiger partial charge in [0.1, 0.15) is 24.4 Å². The van der Waals surface area contributed by atoms with Crippen LogP contribution in [0.1, 0.15) is 303 Å². The van der Waals surface area contributed by atoms with Crippen LogP contribution in [0, 0.1) is 0 Å². The molecule has 1 amide bonds. The van der Waals surface area contributed by atoms with E-state index in [0.29, 0.717) is 6.42 Å². The summed E-state index contributed by atoms with van der Waals surface area (Å²) in [6.07, 6.45) is 66.2. The van der Waals surface area contributed by atoms with Crippen LogP contribution in [0.2, 0.25) is 0 Å². The van der Waals surface area contributed by atoms with Crippen LogP contribution in [0.5, 0.6) is 0 Å². The first-order valence-corrected chi connectivity index (χ1v) is 31.9. The number of ether oxygens (including phenoxy) is 2. The van der Waals surface area contributed by atoms with Crippen LogP contribution in [-0.2, 0) is 14.3 Å². The first kappa shape index (κ1) is 70.2. The van der Waals surface area contributed by atoms with E-state index < -0.39 is 49.5 Å². The molecule has 1 saturated heterocycles. The molecular formula is C65H121NO8. The summed E-state index contributed by atoms with van der Waals surface area (Å²) in [6, 6.07) is -0.812. The molecular weight excluding hydrogens is 923 g/mol. The number of hydrogen-bond donors (Lipinski definition) is 6. The van der Waals surface area contributed by atoms with Gasteiger partial charge in [-0.2, -0.15) is 0 Å². The van der Waals surface area contributed by atoms with Crippen molar-refractivity contribution < 1.29 is 39.8 Å². The Morgan fingerprint density at radius 1 is 0.459 bits per heavy atom. The minimum Gasteiger partial charge on any atom is -0.394 e. The largest absolute Gasteiger partial charge is 0.394 e. The van der Waals surface area contributed by atoms with Gasteiger partial charge < -0.3 is 40.3 Å². The quantitative estimate of drug-likeness (QED) is 0.0261. The minimum absolute atomic E-state index is 0.181. The molecule has 1 aliphatic rings. The number of nitrogens with one attached hydrogen (secondary N) is 1. The van der Waals surface area contributed by atoms with Crippen molar-refractivity contribution in [2.45, 2.75) is 346 Å². The Hall–Kier alpha value is -1.85. The van der Waals surface area contributed by atoms with Crippen molar-refractivity contribution in [2.24, 2.45) is 0 Å². The highest BCUT2D eigenvalue weighted by molar-refractivity contribution is 5.76. The second-order valence-corrected chi connectivity index (χ2v) is 22.2. The van der Waals surface area contributed by atoms with E-state index in [0.717, 1.165) is 64.2 Å². The molecule has 0 saturated carbocycles. The molecule has 0 aromatic rings. The summed E-state index contributed by atoms with van der Waals surface area (Å²) < 4.78 is 11.3. The average Bonchev–Trinajstić information content (AvgIpc) is 3.40. The third-order valence-electron chi connectivity index (χ3n) is 15.1. The van der Waals surface area contributed by atoms with Crippen molar-refractivity contribution in [3.05, 3.63) is 48.6 Å².